The van der Waals surface area contributed by atoms with Crippen LogP contribution in [0.2, 0.25) is 0 Å². The molecule has 0 saturated heterocycles. The van der Waals surface area contributed by atoms with Crippen LogP contribution < -0.4 is 5.73 Å². The monoisotopic (exact) mass is 170 g/mol. The van der Waals surface area contributed by atoms with Crippen molar-refractivity contribution in [2.24, 2.45) is 5.73 Å². The topological polar surface area (TPSA) is 29.3 Å². The largest absolute Gasteiger partial charge is 0.402 e. The van der Waals surface area contributed by atoms with E-state index in [0.29, 0.717) is 22.1 Å². The zero-order valence-electron chi connectivity index (χ0n) is 7.82. The van der Waals surface area contributed by atoms with Crippen LogP contribution in [0.1, 0.15) is 20.8 Å². The molecule has 0 bridgehead atoms. The molecule has 0 aromatic carbocycles. The summed E-state index contributed by atoms with van der Waals surface area (Å²) >= 11 is 0. The molecule has 2 nitrogen and oxygen atoms in total. The zero-order chi connectivity index (χ0) is 9.89. The first-order valence-electron chi connectivity index (χ1n) is 3.61. The molecule has 0 saturated carbocycles. The summed E-state index contributed by atoms with van der Waals surface area (Å²) in [5.74, 6) is 0. The van der Waals surface area contributed by atoms with Crippen LogP contribution in [0.15, 0.2) is 35.8 Å². The smallest absolute Gasteiger partial charge is 0.0717 e. The van der Waals surface area contributed by atoms with E-state index in [1.165, 1.54) is 0 Å². The Morgan fingerprint density at radius 2 is 1.67 bits per heavy atom. The first kappa shape index (κ1) is 10.8. The van der Waals surface area contributed by atoms with Crippen molar-refractivity contribution in [1.82, 2.24) is 5.12 Å². The van der Waals surface area contributed by atoms with Gasteiger partial charge in [0, 0.05) is 11.4 Å². The molecule has 0 atom stereocenters. The Balaban J connectivity index is 4.63. The predicted molar refractivity (Wildman–Crippen MR) is 49.5 cm³/mol. The van der Waals surface area contributed by atoms with Crippen LogP contribution in [0.5, 0.6) is 0 Å². The molecule has 0 fully saturated rings. The second-order valence-electron chi connectivity index (χ2n) is 2.77. The number of hydrogen-bond donors (Lipinski definition) is 1. The van der Waals surface area contributed by atoms with Crippen LogP contribution in [0.4, 0.5) is 4.48 Å². The van der Waals surface area contributed by atoms with Gasteiger partial charge in [-0.25, -0.2) is 0 Å². The molecular weight excluding hydrogens is 155 g/mol. The molecule has 0 aromatic rings. The van der Waals surface area contributed by atoms with Gasteiger partial charge in [0.15, 0.2) is 0 Å². The van der Waals surface area contributed by atoms with Crippen molar-refractivity contribution in [2.75, 3.05) is 0 Å². The zero-order valence-corrected chi connectivity index (χ0v) is 7.82. The molecule has 0 aliphatic carbocycles. The van der Waals surface area contributed by atoms with Gasteiger partial charge in [-0.15, -0.1) is 0 Å². The minimum absolute atomic E-state index is 0.238. The fraction of sp³-hybridized carbons (Fsp3) is 0.333. The van der Waals surface area contributed by atoms with Crippen LogP contribution >= 0.6 is 0 Å². The van der Waals surface area contributed by atoms with E-state index >= 15 is 0 Å². The number of nitrogens with zero attached hydrogens (tertiary/aromatic N) is 1. The SMILES string of the molecule is C=C(C)N(F)C(=C)/C(C)=C(\C)N. The summed E-state index contributed by atoms with van der Waals surface area (Å²) in [4.78, 5) is 0. The lowest BCUT2D eigenvalue weighted by Gasteiger charge is -2.17. The third kappa shape index (κ3) is 2.42. The summed E-state index contributed by atoms with van der Waals surface area (Å²) in [6.45, 7) is 12.0. The lowest BCUT2D eigenvalue weighted by Crippen LogP contribution is -2.12. The first-order valence-corrected chi connectivity index (χ1v) is 3.61. The maximum absolute atomic E-state index is 13.1. The van der Waals surface area contributed by atoms with E-state index in [4.69, 9.17) is 5.73 Å². The van der Waals surface area contributed by atoms with Gasteiger partial charge in [0.25, 0.3) is 0 Å². The van der Waals surface area contributed by atoms with E-state index in [2.05, 4.69) is 13.2 Å². The molecule has 0 radical (unpaired) electrons. The maximum atomic E-state index is 13.1. The van der Waals surface area contributed by atoms with Gasteiger partial charge >= 0.3 is 0 Å². The van der Waals surface area contributed by atoms with Gasteiger partial charge < -0.3 is 5.73 Å². The Bertz CT molecular complexity index is 237. The lowest BCUT2D eigenvalue weighted by atomic mass is 10.2. The standard InChI is InChI=1S/C9H15FN2/c1-6(2)12(10)9(5)7(3)8(4)11/h1,5,11H2,2-4H3/b8-7+. The Labute approximate surface area is 72.8 Å². The summed E-state index contributed by atoms with van der Waals surface area (Å²) in [7, 11) is 0. The third-order valence-corrected chi connectivity index (χ3v) is 1.60. The molecule has 0 rings (SSSR count). The van der Waals surface area contributed by atoms with Crippen LogP contribution in [0.25, 0.3) is 0 Å². The fourth-order valence-corrected chi connectivity index (χ4v) is 0.605. The molecule has 0 heterocycles. The Kier molecular flexibility index (Phi) is 3.54. The molecule has 0 aliphatic rings. The highest BCUT2D eigenvalue weighted by Gasteiger charge is 2.09. The van der Waals surface area contributed by atoms with Crippen molar-refractivity contribution in [3.63, 3.8) is 0 Å². The van der Waals surface area contributed by atoms with Crippen LogP contribution in [-0.2, 0) is 0 Å². The van der Waals surface area contributed by atoms with Crippen molar-refractivity contribution >= 4 is 0 Å². The van der Waals surface area contributed by atoms with Crippen molar-refractivity contribution in [1.29, 1.82) is 0 Å². The minimum atomic E-state index is 0.238. The number of rotatable bonds is 3. The van der Waals surface area contributed by atoms with Crippen LogP contribution in [0, 0.1) is 0 Å². The Morgan fingerprint density at radius 1 is 1.25 bits per heavy atom. The van der Waals surface area contributed by atoms with E-state index < -0.39 is 0 Å². The van der Waals surface area contributed by atoms with Crippen molar-refractivity contribution < 1.29 is 4.48 Å². The summed E-state index contributed by atoms with van der Waals surface area (Å²) in [6.07, 6.45) is 0. The normalized spacial score (nSPS) is 12.0. The van der Waals surface area contributed by atoms with Crippen molar-refractivity contribution in [3.8, 4) is 0 Å². The molecule has 68 valence electrons. The highest BCUT2D eigenvalue weighted by Crippen LogP contribution is 2.18. The maximum Gasteiger partial charge on any atom is 0.0717 e. The fourth-order valence-electron chi connectivity index (χ4n) is 0.605. The van der Waals surface area contributed by atoms with Gasteiger partial charge in [0.05, 0.1) is 5.70 Å². The number of allylic oxidation sites excluding steroid dienone is 3. The van der Waals surface area contributed by atoms with E-state index in [1.807, 2.05) is 0 Å². The Hall–Kier alpha value is -1.25. The van der Waals surface area contributed by atoms with Crippen molar-refractivity contribution in [2.45, 2.75) is 20.8 Å². The van der Waals surface area contributed by atoms with E-state index in [9.17, 15) is 4.48 Å². The molecule has 12 heavy (non-hydrogen) atoms. The molecule has 0 aromatic heterocycles. The summed E-state index contributed by atoms with van der Waals surface area (Å²) in [6, 6.07) is 0. The molecule has 0 amide bonds. The lowest BCUT2D eigenvalue weighted by molar-refractivity contribution is 0.123. The second kappa shape index (κ2) is 3.95. The van der Waals surface area contributed by atoms with Gasteiger partial charge in [-0.05, 0) is 26.3 Å². The first-order chi connectivity index (χ1) is 5.37. The van der Waals surface area contributed by atoms with Gasteiger partial charge in [0.1, 0.15) is 0 Å². The van der Waals surface area contributed by atoms with Crippen LogP contribution in [0.3, 0.4) is 0 Å². The number of nitrogens with two attached hydrogens (primary N) is 1. The van der Waals surface area contributed by atoms with E-state index in [0.717, 1.165) is 0 Å². The molecule has 0 unspecified atom stereocenters. The van der Waals surface area contributed by atoms with Crippen LogP contribution in [-0.4, -0.2) is 5.12 Å². The molecular formula is C9H15FN2. The van der Waals surface area contributed by atoms with Gasteiger partial charge in [-0.3, -0.25) is 0 Å². The average molecular weight is 170 g/mol. The second-order valence-corrected chi connectivity index (χ2v) is 2.77. The highest BCUT2D eigenvalue weighted by atomic mass is 19.2. The minimum Gasteiger partial charge on any atom is -0.402 e. The molecule has 0 aliphatic heterocycles. The highest BCUT2D eigenvalue weighted by molar-refractivity contribution is 5.29. The quantitative estimate of drug-likeness (QED) is 0.520. The third-order valence-electron chi connectivity index (χ3n) is 1.60. The predicted octanol–water partition coefficient (Wildman–Crippen LogP) is 2.47. The molecule has 2 N–H and O–H groups in total. The van der Waals surface area contributed by atoms with Gasteiger partial charge in [0.2, 0.25) is 0 Å². The summed E-state index contributed by atoms with van der Waals surface area (Å²) in [5.41, 5.74) is 7.20. The van der Waals surface area contributed by atoms with E-state index in [-0.39, 0.29) is 5.70 Å². The van der Waals surface area contributed by atoms with Gasteiger partial charge in [-0.2, -0.15) is 5.12 Å². The summed E-state index contributed by atoms with van der Waals surface area (Å²) < 4.78 is 13.1. The summed E-state index contributed by atoms with van der Waals surface area (Å²) in [5, 5.41) is 0.422. The van der Waals surface area contributed by atoms with Crippen molar-refractivity contribution in [3.05, 3.63) is 35.8 Å². The number of halogens is 1. The molecule has 3 heteroatoms. The van der Waals surface area contributed by atoms with Gasteiger partial charge in [-0.1, -0.05) is 17.6 Å². The Morgan fingerprint density at radius 3 is 1.92 bits per heavy atom. The molecule has 0 spiro atoms. The van der Waals surface area contributed by atoms with E-state index in [1.54, 1.807) is 20.8 Å². The average Bonchev–Trinajstić information content (AvgIpc) is 2.00. The number of hydrogen-bond acceptors (Lipinski definition) is 2.